The van der Waals surface area contributed by atoms with Gasteiger partial charge in [0.05, 0.1) is 24.4 Å². The van der Waals surface area contributed by atoms with E-state index in [2.05, 4.69) is 5.10 Å². The second kappa shape index (κ2) is 5.53. The fourth-order valence-electron chi connectivity index (χ4n) is 2.53. The molecule has 1 aromatic rings. The summed E-state index contributed by atoms with van der Waals surface area (Å²) in [5.41, 5.74) is 0.940. The lowest BCUT2D eigenvalue weighted by Crippen LogP contribution is -2.28. The van der Waals surface area contributed by atoms with E-state index in [0.29, 0.717) is 24.5 Å². The van der Waals surface area contributed by atoms with Gasteiger partial charge in [0.25, 0.3) is 0 Å². The van der Waals surface area contributed by atoms with Crippen molar-refractivity contribution in [1.29, 1.82) is 0 Å². The number of carboxylic acids is 1. The molecule has 1 saturated heterocycles. The van der Waals surface area contributed by atoms with Gasteiger partial charge in [0, 0.05) is 13.1 Å². The van der Waals surface area contributed by atoms with Crippen molar-refractivity contribution < 1.29 is 18.3 Å². The first kappa shape index (κ1) is 15.0. The van der Waals surface area contributed by atoms with E-state index in [1.807, 2.05) is 0 Å². The lowest BCUT2D eigenvalue weighted by atomic mass is 10.4. The maximum atomic E-state index is 12.6. The van der Waals surface area contributed by atoms with Crippen molar-refractivity contribution in [2.24, 2.45) is 0 Å². The molecule has 20 heavy (non-hydrogen) atoms. The van der Waals surface area contributed by atoms with Gasteiger partial charge in [-0.25, -0.2) is 8.42 Å². The number of aliphatic carboxylic acids is 1. The van der Waals surface area contributed by atoms with Gasteiger partial charge < -0.3 is 5.11 Å². The van der Waals surface area contributed by atoms with Crippen LogP contribution in [0.5, 0.6) is 0 Å². The minimum Gasteiger partial charge on any atom is -0.481 e. The third-order valence-corrected chi connectivity index (χ3v) is 5.67. The normalized spacial score (nSPS) is 16.7. The Kier molecular flexibility index (Phi) is 4.14. The van der Waals surface area contributed by atoms with Gasteiger partial charge in [0.1, 0.15) is 4.90 Å². The van der Waals surface area contributed by atoms with Crippen LogP contribution < -0.4 is 0 Å². The van der Waals surface area contributed by atoms with Crippen LogP contribution >= 0.6 is 0 Å². The Morgan fingerprint density at radius 3 is 2.45 bits per heavy atom. The lowest BCUT2D eigenvalue weighted by molar-refractivity contribution is -0.137. The Labute approximate surface area is 118 Å². The molecule has 0 unspecified atom stereocenters. The summed E-state index contributed by atoms with van der Waals surface area (Å²) >= 11 is 0. The van der Waals surface area contributed by atoms with Crippen molar-refractivity contribution in [2.75, 3.05) is 13.1 Å². The molecular formula is C12H19N3O4S. The summed E-state index contributed by atoms with van der Waals surface area (Å²) in [7, 11) is -3.52. The Bertz CT molecular complexity index is 615. The van der Waals surface area contributed by atoms with E-state index in [4.69, 9.17) is 5.11 Å². The molecule has 2 heterocycles. The predicted molar refractivity (Wildman–Crippen MR) is 71.9 cm³/mol. The minimum absolute atomic E-state index is 0.0782. The fraction of sp³-hybridized carbons (Fsp3) is 0.667. The maximum absolute atomic E-state index is 12.6. The van der Waals surface area contributed by atoms with Crippen LogP contribution in [0.1, 0.15) is 30.7 Å². The Morgan fingerprint density at radius 1 is 1.30 bits per heavy atom. The number of rotatable bonds is 5. The average Bonchev–Trinajstić information content (AvgIpc) is 2.95. The molecule has 0 amide bonds. The fourth-order valence-corrected chi connectivity index (χ4v) is 4.42. The van der Waals surface area contributed by atoms with Crippen LogP contribution in [-0.4, -0.2) is 46.7 Å². The van der Waals surface area contributed by atoms with Crippen LogP contribution in [0.25, 0.3) is 0 Å². The number of carbonyl (C=O) groups is 1. The van der Waals surface area contributed by atoms with Crippen molar-refractivity contribution in [3.8, 4) is 0 Å². The zero-order valence-corrected chi connectivity index (χ0v) is 12.5. The maximum Gasteiger partial charge on any atom is 0.305 e. The molecule has 0 atom stereocenters. The highest BCUT2D eigenvalue weighted by atomic mass is 32.2. The molecule has 0 spiro atoms. The van der Waals surface area contributed by atoms with E-state index < -0.39 is 16.0 Å². The van der Waals surface area contributed by atoms with Crippen LogP contribution in [0.3, 0.4) is 0 Å². The quantitative estimate of drug-likeness (QED) is 0.866. The van der Waals surface area contributed by atoms with E-state index >= 15 is 0 Å². The number of hydrogen-bond acceptors (Lipinski definition) is 4. The summed E-state index contributed by atoms with van der Waals surface area (Å²) in [5, 5.41) is 12.9. The predicted octanol–water partition coefficient (Wildman–Crippen LogP) is 0.759. The van der Waals surface area contributed by atoms with E-state index in [1.165, 1.54) is 8.99 Å². The van der Waals surface area contributed by atoms with Gasteiger partial charge in [-0.2, -0.15) is 9.40 Å². The van der Waals surface area contributed by atoms with Gasteiger partial charge >= 0.3 is 5.97 Å². The van der Waals surface area contributed by atoms with Crippen LogP contribution in [-0.2, 0) is 21.4 Å². The smallest absolute Gasteiger partial charge is 0.305 e. The number of hydrogen-bond donors (Lipinski definition) is 1. The number of aryl methyl sites for hydroxylation is 2. The van der Waals surface area contributed by atoms with Crippen LogP contribution in [0.4, 0.5) is 0 Å². The first-order valence-electron chi connectivity index (χ1n) is 6.60. The summed E-state index contributed by atoms with van der Waals surface area (Å²) in [5.74, 6) is -0.929. The zero-order valence-electron chi connectivity index (χ0n) is 11.7. The van der Waals surface area contributed by atoms with Crippen molar-refractivity contribution in [2.45, 2.75) is 44.6 Å². The summed E-state index contributed by atoms with van der Waals surface area (Å²) in [6, 6.07) is 0. The molecule has 0 aromatic carbocycles. The Morgan fingerprint density at radius 2 is 1.90 bits per heavy atom. The highest BCUT2D eigenvalue weighted by Gasteiger charge is 2.32. The van der Waals surface area contributed by atoms with Gasteiger partial charge in [-0.1, -0.05) is 0 Å². The molecule has 1 aromatic heterocycles. The Balaban J connectivity index is 2.34. The van der Waals surface area contributed by atoms with E-state index in [-0.39, 0.29) is 17.9 Å². The molecule has 1 aliphatic heterocycles. The molecular weight excluding hydrogens is 282 g/mol. The zero-order chi connectivity index (χ0) is 14.9. The third kappa shape index (κ3) is 2.71. The topological polar surface area (TPSA) is 92.5 Å². The molecule has 7 nitrogen and oxygen atoms in total. The van der Waals surface area contributed by atoms with Gasteiger partial charge in [-0.15, -0.1) is 0 Å². The highest BCUT2D eigenvalue weighted by Crippen LogP contribution is 2.26. The van der Waals surface area contributed by atoms with E-state index in [1.54, 1.807) is 13.8 Å². The first-order valence-corrected chi connectivity index (χ1v) is 8.04. The molecule has 0 bridgehead atoms. The molecule has 2 rings (SSSR count). The number of carboxylic acid groups (broad SMARTS) is 1. The van der Waals surface area contributed by atoms with Gasteiger partial charge in [0.2, 0.25) is 10.0 Å². The summed E-state index contributed by atoms with van der Waals surface area (Å²) in [6.45, 7) is 4.58. The largest absolute Gasteiger partial charge is 0.481 e. The van der Waals surface area contributed by atoms with Gasteiger partial charge in [0.15, 0.2) is 0 Å². The first-order chi connectivity index (χ1) is 9.34. The minimum atomic E-state index is -3.52. The molecule has 112 valence electrons. The van der Waals surface area contributed by atoms with E-state index in [9.17, 15) is 13.2 Å². The summed E-state index contributed by atoms with van der Waals surface area (Å²) < 4.78 is 28.1. The molecule has 1 fully saturated rings. The number of sulfonamides is 1. The van der Waals surface area contributed by atoms with Crippen LogP contribution in [0, 0.1) is 13.8 Å². The molecule has 8 heteroatoms. The van der Waals surface area contributed by atoms with Crippen molar-refractivity contribution in [3.05, 3.63) is 11.4 Å². The lowest BCUT2D eigenvalue weighted by Gasteiger charge is -2.15. The van der Waals surface area contributed by atoms with Crippen LogP contribution in [0.15, 0.2) is 4.90 Å². The van der Waals surface area contributed by atoms with Crippen molar-refractivity contribution in [3.63, 3.8) is 0 Å². The molecule has 1 aliphatic rings. The third-order valence-electron chi connectivity index (χ3n) is 3.52. The monoisotopic (exact) mass is 301 g/mol. The second-order valence-electron chi connectivity index (χ2n) is 4.98. The van der Waals surface area contributed by atoms with Crippen LogP contribution in [0.2, 0.25) is 0 Å². The summed E-state index contributed by atoms with van der Waals surface area (Å²) in [6.07, 6.45) is 1.68. The molecule has 0 saturated carbocycles. The van der Waals surface area contributed by atoms with Crippen molar-refractivity contribution in [1.82, 2.24) is 14.1 Å². The SMILES string of the molecule is Cc1nn(CCC(=O)O)c(C)c1S(=O)(=O)N1CCCC1. The molecule has 0 radical (unpaired) electrons. The highest BCUT2D eigenvalue weighted by molar-refractivity contribution is 7.89. The van der Waals surface area contributed by atoms with Crippen molar-refractivity contribution >= 4 is 16.0 Å². The number of aromatic nitrogens is 2. The molecule has 0 aliphatic carbocycles. The molecule has 1 N–H and O–H groups in total. The number of nitrogens with zero attached hydrogens (tertiary/aromatic N) is 3. The Hall–Kier alpha value is -1.41. The van der Waals surface area contributed by atoms with Gasteiger partial charge in [-0.05, 0) is 26.7 Å². The second-order valence-corrected chi connectivity index (χ2v) is 6.85. The van der Waals surface area contributed by atoms with E-state index in [0.717, 1.165) is 12.8 Å². The van der Waals surface area contributed by atoms with Gasteiger partial charge in [-0.3, -0.25) is 9.48 Å². The summed E-state index contributed by atoms with van der Waals surface area (Å²) in [4.78, 5) is 10.8. The standard InChI is InChI=1S/C12H19N3O4S/c1-9-12(20(18,19)14-6-3-4-7-14)10(2)15(13-9)8-5-11(16)17/h3-8H2,1-2H3,(H,16,17). The average molecular weight is 301 g/mol.